The molecule has 0 spiro atoms. The molecule has 1 unspecified atom stereocenters. The molecule has 0 aliphatic rings. The van der Waals surface area contributed by atoms with Gasteiger partial charge in [-0.3, -0.25) is 9.00 Å². The van der Waals surface area contributed by atoms with E-state index in [0.717, 1.165) is 0 Å². The molecule has 0 radical (unpaired) electrons. The number of Topliss-reactive ketones (excluding diaryl/α,β-unsaturated/α-hetero) is 1. The number of nitrogens with zero attached hydrogens (tertiary/aromatic N) is 1. The van der Waals surface area contributed by atoms with Crippen LogP contribution in [0.5, 0.6) is 0 Å². The minimum absolute atomic E-state index is 0.150. The monoisotopic (exact) mass is 263 g/mol. The van der Waals surface area contributed by atoms with Crippen molar-refractivity contribution in [1.82, 2.24) is 4.98 Å². The molecule has 1 aromatic heterocycles. The fourth-order valence-corrected chi connectivity index (χ4v) is 2.36. The summed E-state index contributed by atoms with van der Waals surface area (Å²) in [6.07, 6.45) is 1.52. The number of pyridine rings is 1. The van der Waals surface area contributed by atoms with E-state index in [0.29, 0.717) is 10.6 Å². The third-order valence-corrected chi connectivity index (χ3v) is 3.53. The molecule has 0 fully saturated rings. The van der Waals surface area contributed by atoms with Crippen molar-refractivity contribution in [3.63, 3.8) is 0 Å². The van der Waals surface area contributed by atoms with E-state index in [1.165, 1.54) is 30.5 Å². The molecule has 0 aliphatic heterocycles. The summed E-state index contributed by atoms with van der Waals surface area (Å²) < 4.78 is 24.5. The van der Waals surface area contributed by atoms with Gasteiger partial charge in [0.1, 0.15) is 10.8 Å². The Balaban J connectivity index is 2.08. The lowest BCUT2D eigenvalue weighted by molar-refractivity contribution is 0.102. The summed E-state index contributed by atoms with van der Waals surface area (Å²) in [5.74, 6) is -0.848. The molecule has 2 rings (SSSR count). The minimum Gasteiger partial charge on any atom is -0.293 e. The van der Waals surface area contributed by atoms with Crippen LogP contribution in [0.25, 0.3) is 0 Å². The van der Waals surface area contributed by atoms with Crippen LogP contribution in [-0.2, 0) is 10.8 Å². The minimum atomic E-state index is -1.47. The van der Waals surface area contributed by atoms with Crippen LogP contribution in [0.4, 0.5) is 4.39 Å². The van der Waals surface area contributed by atoms with Gasteiger partial charge in [0.15, 0.2) is 5.78 Å². The summed E-state index contributed by atoms with van der Waals surface area (Å²) in [6.45, 7) is 0. The van der Waals surface area contributed by atoms with E-state index in [2.05, 4.69) is 4.98 Å². The molecule has 92 valence electrons. The maximum absolute atomic E-state index is 12.7. The van der Waals surface area contributed by atoms with Crippen molar-refractivity contribution in [3.05, 3.63) is 60.0 Å². The molecule has 1 atom stereocenters. The van der Waals surface area contributed by atoms with Crippen molar-refractivity contribution >= 4 is 16.6 Å². The standard InChI is InChI=1S/C13H10FNO2S/c14-11-6-4-10(5-7-11)12(16)9-18(17)13-3-1-2-8-15-13/h1-8H,9H2. The molecule has 2 aromatic rings. The zero-order valence-electron chi connectivity index (χ0n) is 9.38. The SMILES string of the molecule is O=C(CS(=O)c1ccccn1)c1ccc(F)cc1. The largest absolute Gasteiger partial charge is 0.293 e. The Labute approximate surface area is 106 Å². The van der Waals surface area contributed by atoms with Gasteiger partial charge < -0.3 is 0 Å². The van der Waals surface area contributed by atoms with E-state index in [1.54, 1.807) is 18.2 Å². The van der Waals surface area contributed by atoms with Gasteiger partial charge in [-0.05, 0) is 36.4 Å². The normalized spacial score (nSPS) is 12.1. The maximum Gasteiger partial charge on any atom is 0.175 e. The maximum atomic E-state index is 12.7. The molecule has 3 nitrogen and oxygen atoms in total. The quantitative estimate of drug-likeness (QED) is 0.794. The topological polar surface area (TPSA) is 47.0 Å². The lowest BCUT2D eigenvalue weighted by Crippen LogP contribution is -2.11. The van der Waals surface area contributed by atoms with Gasteiger partial charge in [0, 0.05) is 11.8 Å². The predicted molar refractivity (Wildman–Crippen MR) is 66.2 cm³/mol. The zero-order valence-corrected chi connectivity index (χ0v) is 10.2. The van der Waals surface area contributed by atoms with Gasteiger partial charge in [-0.25, -0.2) is 9.37 Å². The first kappa shape index (κ1) is 12.6. The number of halogens is 1. The number of aromatic nitrogens is 1. The van der Waals surface area contributed by atoms with Gasteiger partial charge in [-0.2, -0.15) is 0 Å². The number of ketones is 1. The Kier molecular flexibility index (Phi) is 3.94. The summed E-state index contributed by atoms with van der Waals surface area (Å²) in [7, 11) is -1.47. The van der Waals surface area contributed by atoms with Crippen LogP contribution in [0.2, 0.25) is 0 Å². The van der Waals surface area contributed by atoms with E-state index in [9.17, 15) is 13.4 Å². The summed E-state index contributed by atoms with van der Waals surface area (Å²) in [4.78, 5) is 15.7. The van der Waals surface area contributed by atoms with Gasteiger partial charge in [-0.15, -0.1) is 0 Å². The summed E-state index contributed by atoms with van der Waals surface area (Å²) >= 11 is 0. The molecule has 0 saturated carbocycles. The first-order valence-corrected chi connectivity index (χ1v) is 6.57. The van der Waals surface area contributed by atoms with Crippen LogP contribution in [0, 0.1) is 5.82 Å². The van der Waals surface area contributed by atoms with Crippen LogP contribution in [0.15, 0.2) is 53.7 Å². The van der Waals surface area contributed by atoms with Crippen molar-refractivity contribution in [2.75, 3.05) is 5.75 Å². The third kappa shape index (κ3) is 3.07. The molecule has 0 N–H and O–H groups in total. The highest BCUT2D eigenvalue weighted by Crippen LogP contribution is 2.07. The Morgan fingerprint density at radius 1 is 1.17 bits per heavy atom. The highest BCUT2D eigenvalue weighted by molar-refractivity contribution is 7.85. The number of hydrogen-bond acceptors (Lipinski definition) is 3. The highest BCUT2D eigenvalue weighted by Gasteiger charge is 2.12. The molecule has 18 heavy (non-hydrogen) atoms. The summed E-state index contributed by atoms with van der Waals surface area (Å²) in [5, 5.41) is 0.368. The Morgan fingerprint density at radius 2 is 1.89 bits per heavy atom. The van der Waals surface area contributed by atoms with Crippen molar-refractivity contribution in [2.24, 2.45) is 0 Å². The smallest absolute Gasteiger partial charge is 0.175 e. The third-order valence-electron chi connectivity index (χ3n) is 2.30. The van der Waals surface area contributed by atoms with E-state index < -0.39 is 16.6 Å². The van der Waals surface area contributed by atoms with Crippen LogP contribution in [0.1, 0.15) is 10.4 Å². The molecule has 5 heteroatoms. The first-order chi connectivity index (χ1) is 8.66. The fraction of sp³-hybridized carbons (Fsp3) is 0.0769. The van der Waals surface area contributed by atoms with Gasteiger partial charge >= 0.3 is 0 Å². The second kappa shape index (κ2) is 5.64. The van der Waals surface area contributed by atoms with E-state index >= 15 is 0 Å². The van der Waals surface area contributed by atoms with Crippen LogP contribution >= 0.6 is 0 Å². The van der Waals surface area contributed by atoms with Crippen molar-refractivity contribution in [3.8, 4) is 0 Å². The molecule has 0 amide bonds. The number of carbonyl (C=O) groups is 1. The summed E-state index contributed by atoms with van der Waals surface area (Å²) in [6, 6.07) is 10.2. The molecular formula is C13H10FNO2S. The van der Waals surface area contributed by atoms with Crippen molar-refractivity contribution in [1.29, 1.82) is 0 Å². The Morgan fingerprint density at radius 3 is 2.50 bits per heavy atom. The van der Waals surface area contributed by atoms with E-state index in [1.807, 2.05) is 0 Å². The average Bonchev–Trinajstić information content (AvgIpc) is 2.40. The highest BCUT2D eigenvalue weighted by atomic mass is 32.2. The average molecular weight is 263 g/mol. The van der Waals surface area contributed by atoms with Crippen molar-refractivity contribution < 1.29 is 13.4 Å². The number of hydrogen-bond donors (Lipinski definition) is 0. The molecule has 1 aromatic carbocycles. The van der Waals surface area contributed by atoms with Crippen LogP contribution in [0.3, 0.4) is 0 Å². The second-order valence-corrected chi connectivity index (χ2v) is 4.99. The number of carbonyl (C=O) groups excluding carboxylic acids is 1. The number of rotatable bonds is 4. The zero-order chi connectivity index (χ0) is 13.0. The van der Waals surface area contributed by atoms with Gasteiger partial charge in [0.25, 0.3) is 0 Å². The predicted octanol–water partition coefficient (Wildman–Crippen LogP) is 2.21. The molecule has 0 aliphatic carbocycles. The van der Waals surface area contributed by atoms with Gasteiger partial charge in [-0.1, -0.05) is 6.07 Å². The molecule has 0 bridgehead atoms. The lowest BCUT2D eigenvalue weighted by Gasteiger charge is -2.01. The Hall–Kier alpha value is -1.88. The van der Waals surface area contributed by atoms with E-state index in [-0.39, 0.29) is 11.5 Å². The first-order valence-electron chi connectivity index (χ1n) is 5.25. The fourth-order valence-electron chi connectivity index (χ4n) is 1.39. The molecule has 1 heterocycles. The Bertz CT molecular complexity index is 569. The number of benzene rings is 1. The molecule has 0 saturated heterocycles. The lowest BCUT2D eigenvalue weighted by atomic mass is 10.1. The van der Waals surface area contributed by atoms with Gasteiger partial charge in [0.2, 0.25) is 0 Å². The van der Waals surface area contributed by atoms with Gasteiger partial charge in [0.05, 0.1) is 16.6 Å². The summed E-state index contributed by atoms with van der Waals surface area (Å²) in [5.41, 5.74) is 0.348. The van der Waals surface area contributed by atoms with Crippen LogP contribution in [-0.4, -0.2) is 20.7 Å². The molecular weight excluding hydrogens is 253 g/mol. The van der Waals surface area contributed by atoms with Crippen LogP contribution < -0.4 is 0 Å². The van der Waals surface area contributed by atoms with Crippen molar-refractivity contribution in [2.45, 2.75) is 5.03 Å². The van der Waals surface area contributed by atoms with E-state index in [4.69, 9.17) is 0 Å². The second-order valence-electron chi connectivity index (χ2n) is 3.59.